The van der Waals surface area contributed by atoms with Crippen molar-refractivity contribution in [1.29, 1.82) is 0 Å². The number of aliphatic imine (C=N–C) groups is 1. The summed E-state index contributed by atoms with van der Waals surface area (Å²) < 4.78 is 5.32. The van der Waals surface area contributed by atoms with Gasteiger partial charge in [0.2, 0.25) is 0 Å². The molecule has 0 saturated heterocycles. The highest BCUT2D eigenvalue weighted by Crippen LogP contribution is 2.10. The first-order chi connectivity index (χ1) is 8.42. The van der Waals surface area contributed by atoms with Crippen molar-refractivity contribution in [1.82, 2.24) is 10.2 Å². The maximum atomic E-state index is 11.9. The first kappa shape index (κ1) is 14.8. The van der Waals surface area contributed by atoms with Crippen molar-refractivity contribution in [2.75, 3.05) is 32.8 Å². The van der Waals surface area contributed by atoms with E-state index in [1.54, 1.807) is 4.90 Å². The van der Waals surface area contributed by atoms with Gasteiger partial charge in [-0.2, -0.15) is 0 Å². The summed E-state index contributed by atoms with van der Waals surface area (Å²) in [5, 5.41) is 11.8. The normalized spacial score (nSPS) is 16.2. The second-order valence-electron chi connectivity index (χ2n) is 5.23. The summed E-state index contributed by atoms with van der Waals surface area (Å²) in [6, 6.07) is 0. The van der Waals surface area contributed by atoms with Crippen LogP contribution in [0.5, 0.6) is 0 Å². The lowest BCUT2D eigenvalue weighted by Crippen LogP contribution is -2.47. The Hall–Kier alpha value is -1.30. The molecule has 0 saturated carbocycles. The molecule has 0 radical (unpaired) electrons. The van der Waals surface area contributed by atoms with E-state index in [0.717, 1.165) is 5.84 Å². The molecule has 1 aliphatic heterocycles. The van der Waals surface area contributed by atoms with Gasteiger partial charge < -0.3 is 15.2 Å². The lowest BCUT2D eigenvalue weighted by molar-refractivity contribution is 0.0276. The monoisotopic (exact) mass is 257 g/mol. The van der Waals surface area contributed by atoms with Crippen LogP contribution in [0, 0.1) is 0 Å². The molecule has 2 N–H and O–H groups in total. The zero-order valence-electron chi connectivity index (χ0n) is 11.4. The van der Waals surface area contributed by atoms with Gasteiger partial charge in [-0.25, -0.2) is 4.79 Å². The van der Waals surface area contributed by atoms with Crippen LogP contribution in [0.25, 0.3) is 0 Å². The third-order valence-electron chi connectivity index (χ3n) is 2.33. The van der Waals surface area contributed by atoms with Crippen LogP contribution in [-0.4, -0.2) is 60.3 Å². The number of aliphatic hydroxyl groups excluding tert-OH is 1. The number of carbonyl (C=O) groups excluding carboxylic acids is 1. The fourth-order valence-electron chi connectivity index (χ4n) is 1.52. The standard InChI is InChI=1S/C12H23N3O3/c1-12(2,3)18-11(17)15-7-6-14-10(9-15)13-5-4-8-16/h16H,4-9H2,1-3H3,(H,13,14). The Balaban J connectivity index is 2.41. The average Bonchev–Trinajstić information content (AvgIpc) is 2.27. The minimum atomic E-state index is -0.476. The molecule has 0 aromatic heterocycles. The van der Waals surface area contributed by atoms with Crippen molar-refractivity contribution in [3.63, 3.8) is 0 Å². The molecule has 0 aromatic carbocycles. The summed E-state index contributed by atoms with van der Waals surface area (Å²) in [4.78, 5) is 17.8. The number of nitrogens with zero attached hydrogens (tertiary/aromatic N) is 2. The van der Waals surface area contributed by atoms with Crippen LogP contribution in [0.3, 0.4) is 0 Å². The van der Waals surface area contributed by atoms with E-state index in [2.05, 4.69) is 10.3 Å². The van der Waals surface area contributed by atoms with Gasteiger partial charge in [-0.15, -0.1) is 0 Å². The topological polar surface area (TPSA) is 74.2 Å². The molecule has 1 rings (SSSR count). The number of hydrogen-bond donors (Lipinski definition) is 2. The van der Waals surface area contributed by atoms with Crippen LogP contribution in [0.4, 0.5) is 4.79 Å². The largest absolute Gasteiger partial charge is 0.444 e. The Labute approximate surface area is 108 Å². The maximum Gasteiger partial charge on any atom is 0.410 e. The SMILES string of the molecule is CC(C)(C)OC(=O)N1CCN=C(NCCCO)C1. The molecule has 18 heavy (non-hydrogen) atoms. The van der Waals surface area contributed by atoms with E-state index < -0.39 is 5.60 Å². The quantitative estimate of drug-likeness (QED) is 0.726. The second-order valence-corrected chi connectivity index (χ2v) is 5.23. The lowest BCUT2D eigenvalue weighted by Gasteiger charge is -2.29. The van der Waals surface area contributed by atoms with Crippen molar-refractivity contribution in [2.45, 2.75) is 32.8 Å². The van der Waals surface area contributed by atoms with Gasteiger partial charge in [0.25, 0.3) is 0 Å². The van der Waals surface area contributed by atoms with E-state index in [0.29, 0.717) is 32.6 Å². The number of aliphatic hydroxyl groups is 1. The van der Waals surface area contributed by atoms with Gasteiger partial charge in [0.05, 0.1) is 13.1 Å². The van der Waals surface area contributed by atoms with Crippen molar-refractivity contribution >= 4 is 11.9 Å². The molecule has 1 amide bonds. The van der Waals surface area contributed by atoms with Crippen LogP contribution in [0.15, 0.2) is 4.99 Å². The molecular formula is C12H23N3O3. The molecule has 6 nitrogen and oxygen atoms in total. The summed E-state index contributed by atoms with van der Waals surface area (Å²) >= 11 is 0. The number of rotatable bonds is 3. The Kier molecular flexibility index (Phi) is 5.40. The molecule has 1 aliphatic rings. The Bertz CT molecular complexity index is 310. The molecule has 0 unspecified atom stereocenters. The highest BCUT2D eigenvalue weighted by Gasteiger charge is 2.24. The van der Waals surface area contributed by atoms with Gasteiger partial charge in [0, 0.05) is 19.7 Å². The summed E-state index contributed by atoms with van der Waals surface area (Å²) in [7, 11) is 0. The number of ether oxygens (including phenoxy) is 1. The molecule has 0 aliphatic carbocycles. The molecule has 0 atom stereocenters. The van der Waals surface area contributed by atoms with Crippen LogP contribution in [0.1, 0.15) is 27.2 Å². The van der Waals surface area contributed by atoms with E-state index in [-0.39, 0.29) is 12.7 Å². The zero-order chi connectivity index (χ0) is 13.6. The van der Waals surface area contributed by atoms with Crippen LogP contribution >= 0.6 is 0 Å². The number of amidine groups is 1. The van der Waals surface area contributed by atoms with Gasteiger partial charge in [-0.1, -0.05) is 0 Å². The van der Waals surface area contributed by atoms with Crippen molar-refractivity contribution in [3.05, 3.63) is 0 Å². The van der Waals surface area contributed by atoms with Crippen molar-refractivity contribution in [2.24, 2.45) is 4.99 Å². The van der Waals surface area contributed by atoms with Crippen LogP contribution < -0.4 is 5.32 Å². The number of carbonyl (C=O) groups is 1. The molecular weight excluding hydrogens is 234 g/mol. The fourth-order valence-corrected chi connectivity index (χ4v) is 1.52. The summed E-state index contributed by atoms with van der Waals surface area (Å²) in [6.45, 7) is 7.98. The second kappa shape index (κ2) is 6.58. The molecule has 0 bridgehead atoms. The van der Waals surface area contributed by atoms with Gasteiger partial charge in [-0.05, 0) is 27.2 Å². The van der Waals surface area contributed by atoms with Gasteiger partial charge >= 0.3 is 6.09 Å². The smallest absolute Gasteiger partial charge is 0.410 e. The predicted octanol–water partition coefficient (Wildman–Crippen LogP) is 0.608. The third-order valence-corrected chi connectivity index (χ3v) is 2.33. The van der Waals surface area contributed by atoms with Gasteiger partial charge in [0.15, 0.2) is 0 Å². The minimum absolute atomic E-state index is 0.149. The number of hydrogen-bond acceptors (Lipinski definition) is 5. The lowest BCUT2D eigenvalue weighted by atomic mass is 10.2. The molecule has 1 heterocycles. The molecule has 0 fully saturated rings. The molecule has 6 heteroatoms. The highest BCUT2D eigenvalue weighted by atomic mass is 16.6. The molecule has 0 spiro atoms. The summed E-state index contributed by atoms with van der Waals surface area (Å²) in [6.07, 6.45) is 0.365. The Morgan fingerprint density at radius 1 is 1.56 bits per heavy atom. The molecule has 104 valence electrons. The van der Waals surface area contributed by atoms with Crippen molar-refractivity contribution < 1.29 is 14.6 Å². The highest BCUT2D eigenvalue weighted by molar-refractivity contribution is 5.87. The van der Waals surface area contributed by atoms with Crippen molar-refractivity contribution in [3.8, 4) is 0 Å². The van der Waals surface area contributed by atoms with E-state index in [4.69, 9.17) is 9.84 Å². The van der Waals surface area contributed by atoms with Crippen LogP contribution in [-0.2, 0) is 4.74 Å². The first-order valence-electron chi connectivity index (χ1n) is 6.28. The van der Waals surface area contributed by atoms with E-state index in [1.165, 1.54) is 0 Å². The van der Waals surface area contributed by atoms with E-state index >= 15 is 0 Å². The summed E-state index contributed by atoms with van der Waals surface area (Å²) in [5.41, 5.74) is -0.476. The van der Waals surface area contributed by atoms with Crippen LogP contribution in [0.2, 0.25) is 0 Å². The minimum Gasteiger partial charge on any atom is -0.444 e. The number of nitrogens with one attached hydrogen (secondary N) is 1. The zero-order valence-corrected chi connectivity index (χ0v) is 11.4. The third kappa shape index (κ3) is 5.35. The predicted molar refractivity (Wildman–Crippen MR) is 69.8 cm³/mol. The Morgan fingerprint density at radius 3 is 2.89 bits per heavy atom. The Morgan fingerprint density at radius 2 is 2.28 bits per heavy atom. The fraction of sp³-hybridized carbons (Fsp3) is 0.833. The maximum absolute atomic E-state index is 11.9. The molecule has 0 aromatic rings. The number of amides is 1. The summed E-state index contributed by atoms with van der Waals surface area (Å²) in [5.74, 6) is 0.778. The van der Waals surface area contributed by atoms with E-state index in [9.17, 15) is 4.79 Å². The van der Waals surface area contributed by atoms with Gasteiger partial charge in [-0.3, -0.25) is 9.89 Å². The first-order valence-corrected chi connectivity index (χ1v) is 6.28. The van der Waals surface area contributed by atoms with Gasteiger partial charge in [0.1, 0.15) is 11.4 Å². The van der Waals surface area contributed by atoms with E-state index in [1.807, 2.05) is 20.8 Å². The average molecular weight is 257 g/mol.